The molecule has 0 fully saturated rings. The lowest BCUT2D eigenvalue weighted by atomic mass is 10.2. The molecule has 0 saturated carbocycles. The van der Waals surface area contributed by atoms with Crippen molar-refractivity contribution < 1.29 is 9.53 Å². The monoisotopic (exact) mass is 267 g/mol. The van der Waals surface area contributed by atoms with Crippen molar-refractivity contribution in [1.82, 2.24) is 5.32 Å². The van der Waals surface area contributed by atoms with E-state index in [2.05, 4.69) is 26.1 Å². The molecule has 0 saturated heterocycles. The first kappa shape index (κ1) is 14.9. The second-order valence-electron chi connectivity index (χ2n) is 5.03. The summed E-state index contributed by atoms with van der Waals surface area (Å²) in [5, 5.41) is 2.91. The predicted octanol–water partition coefficient (Wildman–Crippen LogP) is 2.84. The third-order valence-corrected chi connectivity index (χ3v) is 3.53. The van der Waals surface area contributed by atoms with E-state index in [0.717, 1.165) is 11.3 Å². The number of hydrogen-bond donors (Lipinski definition) is 1. The molecule has 1 aromatic carbocycles. The van der Waals surface area contributed by atoms with Gasteiger partial charge in [-0.25, -0.2) is 0 Å². The Balaban J connectivity index is 2.38. The highest BCUT2D eigenvalue weighted by atomic mass is 32.2. The van der Waals surface area contributed by atoms with Crippen molar-refractivity contribution in [3.05, 3.63) is 29.8 Å². The van der Waals surface area contributed by atoms with Crippen molar-refractivity contribution >= 4 is 17.7 Å². The van der Waals surface area contributed by atoms with E-state index in [9.17, 15) is 4.79 Å². The normalized spacial score (nSPS) is 11.1. The number of nitrogens with one attached hydrogen (secondary N) is 1. The van der Waals surface area contributed by atoms with Crippen LogP contribution in [-0.2, 0) is 11.3 Å². The van der Waals surface area contributed by atoms with Crippen molar-refractivity contribution in [3.63, 3.8) is 0 Å². The van der Waals surface area contributed by atoms with Crippen LogP contribution in [0.3, 0.4) is 0 Å². The molecule has 0 aliphatic carbocycles. The van der Waals surface area contributed by atoms with Crippen LogP contribution in [-0.4, -0.2) is 23.5 Å². The number of amides is 1. The van der Waals surface area contributed by atoms with Gasteiger partial charge in [0, 0.05) is 11.3 Å². The number of thioether (sulfide) groups is 1. The SMILES string of the molecule is COc1cccc(CNC(=O)CSC(C)(C)C)c1. The van der Waals surface area contributed by atoms with Gasteiger partial charge in [0.15, 0.2) is 0 Å². The van der Waals surface area contributed by atoms with Crippen molar-refractivity contribution in [1.29, 1.82) is 0 Å². The molecule has 0 aliphatic heterocycles. The first-order valence-corrected chi connectivity index (χ1v) is 6.93. The highest BCUT2D eigenvalue weighted by Crippen LogP contribution is 2.22. The maximum absolute atomic E-state index is 11.7. The molecule has 0 radical (unpaired) electrons. The number of rotatable bonds is 5. The van der Waals surface area contributed by atoms with Gasteiger partial charge in [0.2, 0.25) is 5.91 Å². The number of carbonyl (C=O) groups excluding carboxylic acids is 1. The number of methoxy groups -OCH3 is 1. The van der Waals surface area contributed by atoms with Gasteiger partial charge in [-0.2, -0.15) is 0 Å². The standard InChI is InChI=1S/C14H21NO2S/c1-14(2,3)18-10-13(16)15-9-11-6-5-7-12(8-11)17-4/h5-8H,9-10H2,1-4H3,(H,15,16). The summed E-state index contributed by atoms with van der Waals surface area (Å²) in [5.41, 5.74) is 1.04. The van der Waals surface area contributed by atoms with Crippen LogP contribution in [0, 0.1) is 0 Å². The van der Waals surface area contributed by atoms with Crippen LogP contribution in [0.2, 0.25) is 0 Å². The summed E-state index contributed by atoms with van der Waals surface area (Å²) in [6.07, 6.45) is 0. The van der Waals surface area contributed by atoms with E-state index in [1.807, 2.05) is 24.3 Å². The fourth-order valence-corrected chi connectivity index (χ4v) is 1.98. The zero-order valence-corrected chi connectivity index (χ0v) is 12.3. The maximum Gasteiger partial charge on any atom is 0.230 e. The molecule has 0 heterocycles. The molecule has 0 bridgehead atoms. The van der Waals surface area contributed by atoms with Crippen LogP contribution in [0.5, 0.6) is 5.75 Å². The minimum atomic E-state index is 0.0674. The second kappa shape index (κ2) is 6.69. The lowest BCUT2D eigenvalue weighted by Crippen LogP contribution is -2.26. The van der Waals surface area contributed by atoms with Crippen molar-refractivity contribution in [2.75, 3.05) is 12.9 Å². The summed E-state index contributed by atoms with van der Waals surface area (Å²) in [5.74, 6) is 1.37. The topological polar surface area (TPSA) is 38.3 Å². The first-order chi connectivity index (χ1) is 8.40. The third-order valence-electron chi connectivity index (χ3n) is 2.26. The van der Waals surface area contributed by atoms with E-state index in [4.69, 9.17) is 4.74 Å². The predicted molar refractivity (Wildman–Crippen MR) is 77.1 cm³/mol. The molecule has 0 unspecified atom stereocenters. The summed E-state index contributed by atoms with van der Waals surface area (Å²) in [6.45, 7) is 6.85. The average Bonchev–Trinajstić information content (AvgIpc) is 2.33. The minimum absolute atomic E-state index is 0.0674. The molecule has 0 aromatic heterocycles. The quantitative estimate of drug-likeness (QED) is 0.891. The number of carbonyl (C=O) groups is 1. The van der Waals surface area contributed by atoms with E-state index in [1.165, 1.54) is 0 Å². The van der Waals surface area contributed by atoms with Crippen LogP contribution in [0.4, 0.5) is 0 Å². The Bertz CT molecular complexity index is 399. The molecule has 4 heteroatoms. The van der Waals surface area contributed by atoms with Crippen LogP contribution >= 0.6 is 11.8 Å². The Morgan fingerprint density at radius 2 is 2.11 bits per heavy atom. The molecule has 1 aromatic rings. The molecule has 3 nitrogen and oxygen atoms in total. The molecule has 100 valence electrons. The zero-order chi connectivity index (χ0) is 13.6. The Hall–Kier alpha value is -1.16. The van der Waals surface area contributed by atoms with E-state index in [0.29, 0.717) is 12.3 Å². The van der Waals surface area contributed by atoms with Crippen molar-refractivity contribution in [2.24, 2.45) is 0 Å². The molecule has 0 aliphatic rings. The van der Waals surface area contributed by atoms with Crippen molar-refractivity contribution in [2.45, 2.75) is 32.1 Å². The Labute approximate surface area is 113 Å². The van der Waals surface area contributed by atoms with Gasteiger partial charge in [-0.15, -0.1) is 11.8 Å². The fraction of sp³-hybridized carbons (Fsp3) is 0.500. The summed E-state index contributed by atoms with van der Waals surface area (Å²) >= 11 is 1.65. The number of ether oxygens (including phenoxy) is 1. The lowest BCUT2D eigenvalue weighted by molar-refractivity contribution is -0.118. The molecular formula is C14H21NO2S. The smallest absolute Gasteiger partial charge is 0.230 e. The van der Waals surface area contributed by atoms with Gasteiger partial charge in [0.25, 0.3) is 0 Å². The van der Waals surface area contributed by atoms with Gasteiger partial charge < -0.3 is 10.1 Å². The molecule has 18 heavy (non-hydrogen) atoms. The van der Waals surface area contributed by atoms with Gasteiger partial charge in [-0.1, -0.05) is 32.9 Å². The Morgan fingerprint density at radius 3 is 2.72 bits per heavy atom. The summed E-state index contributed by atoms with van der Waals surface area (Å²) in [4.78, 5) is 11.7. The molecule has 1 N–H and O–H groups in total. The average molecular weight is 267 g/mol. The summed E-state index contributed by atoms with van der Waals surface area (Å²) in [6, 6.07) is 7.71. The van der Waals surface area contributed by atoms with Crippen LogP contribution in [0.15, 0.2) is 24.3 Å². The number of hydrogen-bond acceptors (Lipinski definition) is 3. The van der Waals surface area contributed by atoms with Gasteiger partial charge in [-0.3, -0.25) is 4.79 Å². The van der Waals surface area contributed by atoms with E-state index in [-0.39, 0.29) is 10.7 Å². The van der Waals surface area contributed by atoms with E-state index < -0.39 is 0 Å². The van der Waals surface area contributed by atoms with Gasteiger partial charge in [0.1, 0.15) is 5.75 Å². The largest absolute Gasteiger partial charge is 0.497 e. The molecule has 0 atom stereocenters. The Morgan fingerprint density at radius 1 is 1.39 bits per heavy atom. The molecular weight excluding hydrogens is 246 g/mol. The van der Waals surface area contributed by atoms with Gasteiger partial charge in [-0.05, 0) is 17.7 Å². The van der Waals surface area contributed by atoms with Gasteiger partial charge >= 0.3 is 0 Å². The van der Waals surface area contributed by atoms with Crippen LogP contribution < -0.4 is 10.1 Å². The third kappa shape index (κ3) is 5.96. The minimum Gasteiger partial charge on any atom is -0.497 e. The maximum atomic E-state index is 11.7. The van der Waals surface area contributed by atoms with E-state index >= 15 is 0 Å². The number of benzene rings is 1. The molecule has 1 amide bonds. The zero-order valence-electron chi connectivity index (χ0n) is 11.4. The lowest BCUT2D eigenvalue weighted by Gasteiger charge is -2.17. The van der Waals surface area contributed by atoms with E-state index in [1.54, 1.807) is 18.9 Å². The molecule has 1 rings (SSSR count). The second-order valence-corrected chi connectivity index (χ2v) is 6.83. The Kier molecular flexibility index (Phi) is 5.54. The summed E-state index contributed by atoms with van der Waals surface area (Å²) in [7, 11) is 1.64. The van der Waals surface area contributed by atoms with Gasteiger partial charge in [0.05, 0.1) is 12.9 Å². The van der Waals surface area contributed by atoms with Crippen LogP contribution in [0.1, 0.15) is 26.3 Å². The first-order valence-electron chi connectivity index (χ1n) is 5.94. The highest BCUT2D eigenvalue weighted by molar-refractivity contribution is 8.01. The summed E-state index contributed by atoms with van der Waals surface area (Å²) < 4.78 is 5.26. The fourth-order valence-electron chi connectivity index (χ4n) is 1.32. The van der Waals surface area contributed by atoms with Crippen LogP contribution in [0.25, 0.3) is 0 Å². The molecule has 0 spiro atoms. The van der Waals surface area contributed by atoms with Crippen molar-refractivity contribution in [3.8, 4) is 5.75 Å². The highest BCUT2D eigenvalue weighted by Gasteiger charge is 2.13.